The second-order valence-corrected chi connectivity index (χ2v) is 4.12. The van der Waals surface area contributed by atoms with Crippen molar-refractivity contribution < 1.29 is 9.53 Å². The summed E-state index contributed by atoms with van der Waals surface area (Å²) in [4.78, 5) is 15.4. The molecule has 1 amide bonds. The molecule has 0 aliphatic heterocycles. The molecule has 19 heavy (non-hydrogen) atoms. The normalized spacial score (nSPS) is 10.2. The fourth-order valence-electron chi connectivity index (χ4n) is 1.48. The number of nitrogens with zero attached hydrogens (tertiary/aromatic N) is 2. The summed E-state index contributed by atoms with van der Waals surface area (Å²) in [5.74, 6) is 1.32. The number of hydrogen-bond donors (Lipinski definition) is 2. The topological polar surface area (TPSA) is 79.9 Å². The lowest BCUT2D eigenvalue weighted by molar-refractivity contribution is -0.121. The molecule has 0 aliphatic rings. The number of aromatic nitrogens is 3. The van der Waals surface area contributed by atoms with Crippen molar-refractivity contribution in [2.24, 2.45) is 0 Å². The molecular formula is C13H16N4O2. The van der Waals surface area contributed by atoms with E-state index in [1.165, 1.54) is 11.9 Å². The summed E-state index contributed by atoms with van der Waals surface area (Å²) in [6.07, 6.45) is 1.71. The van der Waals surface area contributed by atoms with Crippen molar-refractivity contribution in [1.82, 2.24) is 20.5 Å². The van der Waals surface area contributed by atoms with Crippen LogP contribution in [0.25, 0.3) is 0 Å². The van der Waals surface area contributed by atoms with Gasteiger partial charge in [0.25, 0.3) is 0 Å². The van der Waals surface area contributed by atoms with Gasteiger partial charge in [0.1, 0.15) is 17.9 Å². The minimum absolute atomic E-state index is 0.0801. The van der Waals surface area contributed by atoms with Crippen molar-refractivity contribution in [3.8, 4) is 5.75 Å². The molecule has 100 valence electrons. The van der Waals surface area contributed by atoms with E-state index in [0.29, 0.717) is 25.4 Å². The smallest absolute Gasteiger partial charge is 0.223 e. The van der Waals surface area contributed by atoms with E-state index in [0.717, 1.165) is 5.75 Å². The molecule has 2 N–H and O–H groups in total. The van der Waals surface area contributed by atoms with Crippen molar-refractivity contribution in [2.45, 2.75) is 19.9 Å². The number of amides is 1. The zero-order valence-electron chi connectivity index (χ0n) is 10.7. The average molecular weight is 260 g/mol. The number of benzene rings is 1. The Morgan fingerprint density at radius 2 is 2.16 bits per heavy atom. The Morgan fingerprint density at radius 3 is 2.84 bits per heavy atom. The van der Waals surface area contributed by atoms with Gasteiger partial charge < -0.3 is 10.1 Å². The van der Waals surface area contributed by atoms with Gasteiger partial charge in [0.05, 0.1) is 19.6 Å². The van der Waals surface area contributed by atoms with Crippen LogP contribution in [0.1, 0.15) is 17.8 Å². The number of hydrogen-bond acceptors (Lipinski definition) is 4. The molecule has 0 fully saturated rings. The maximum absolute atomic E-state index is 11.5. The SMILES string of the molecule is Cc1ccc(OCCC(=O)NCc2ncn[nH]2)cc1. The third-order valence-electron chi connectivity index (χ3n) is 2.54. The van der Waals surface area contributed by atoms with E-state index >= 15 is 0 Å². The van der Waals surface area contributed by atoms with Crippen LogP contribution in [0, 0.1) is 6.92 Å². The molecule has 0 bridgehead atoms. The maximum atomic E-state index is 11.5. The van der Waals surface area contributed by atoms with Crippen molar-refractivity contribution in [3.63, 3.8) is 0 Å². The Bertz CT molecular complexity index is 508. The third-order valence-corrected chi connectivity index (χ3v) is 2.54. The maximum Gasteiger partial charge on any atom is 0.223 e. The molecule has 1 heterocycles. The Labute approximate surface area is 111 Å². The highest BCUT2D eigenvalue weighted by atomic mass is 16.5. The number of carbonyl (C=O) groups excluding carboxylic acids is 1. The van der Waals surface area contributed by atoms with Crippen LogP contribution in [-0.4, -0.2) is 27.7 Å². The van der Waals surface area contributed by atoms with Gasteiger partial charge in [0, 0.05) is 0 Å². The van der Waals surface area contributed by atoms with Gasteiger partial charge in [-0.25, -0.2) is 4.98 Å². The molecule has 0 saturated heterocycles. The van der Waals surface area contributed by atoms with Crippen LogP contribution < -0.4 is 10.1 Å². The highest BCUT2D eigenvalue weighted by Crippen LogP contribution is 2.11. The Kier molecular flexibility index (Phi) is 4.49. The predicted octanol–water partition coefficient (Wildman–Crippen LogP) is 1.20. The van der Waals surface area contributed by atoms with E-state index in [-0.39, 0.29) is 5.91 Å². The summed E-state index contributed by atoms with van der Waals surface area (Å²) < 4.78 is 5.47. The van der Waals surface area contributed by atoms with E-state index < -0.39 is 0 Å². The standard InChI is InChI=1S/C13H16N4O2/c1-10-2-4-11(5-3-10)19-7-6-13(18)14-8-12-15-9-16-17-12/h2-5,9H,6-8H2,1H3,(H,14,18)(H,15,16,17). The molecule has 0 spiro atoms. The summed E-state index contributed by atoms with van der Waals surface area (Å²) in [6, 6.07) is 7.72. The molecule has 0 aliphatic carbocycles. The van der Waals surface area contributed by atoms with Crippen molar-refractivity contribution in [3.05, 3.63) is 42.0 Å². The minimum atomic E-state index is -0.0801. The molecule has 6 heteroatoms. The Hall–Kier alpha value is -2.37. The number of carbonyl (C=O) groups is 1. The first-order chi connectivity index (χ1) is 9.24. The minimum Gasteiger partial charge on any atom is -0.493 e. The third kappa shape index (κ3) is 4.42. The lowest BCUT2D eigenvalue weighted by Crippen LogP contribution is -2.24. The van der Waals surface area contributed by atoms with E-state index in [1.54, 1.807) is 0 Å². The van der Waals surface area contributed by atoms with Gasteiger partial charge in [-0.3, -0.25) is 9.89 Å². The molecule has 1 aromatic carbocycles. The predicted molar refractivity (Wildman–Crippen MR) is 69.5 cm³/mol. The molecule has 2 rings (SSSR count). The van der Waals surface area contributed by atoms with Gasteiger partial charge in [0.15, 0.2) is 0 Å². The first kappa shape index (κ1) is 13.1. The molecule has 1 aromatic heterocycles. The number of aryl methyl sites for hydroxylation is 1. The number of rotatable bonds is 6. The zero-order valence-corrected chi connectivity index (χ0v) is 10.7. The average Bonchev–Trinajstić information content (AvgIpc) is 2.92. The van der Waals surface area contributed by atoms with Gasteiger partial charge in [-0.2, -0.15) is 5.10 Å². The quantitative estimate of drug-likeness (QED) is 0.817. The first-order valence-electron chi connectivity index (χ1n) is 6.04. The second kappa shape index (κ2) is 6.53. The van der Waals surface area contributed by atoms with Crippen LogP contribution in [0.2, 0.25) is 0 Å². The number of ether oxygens (including phenoxy) is 1. The molecule has 0 atom stereocenters. The fraction of sp³-hybridized carbons (Fsp3) is 0.308. The molecule has 0 saturated carbocycles. The fourth-order valence-corrected chi connectivity index (χ4v) is 1.48. The lowest BCUT2D eigenvalue weighted by Gasteiger charge is -2.06. The Morgan fingerprint density at radius 1 is 1.37 bits per heavy atom. The van der Waals surface area contributed by atoms with Gasteiger partial charge in [-0.05, 0) is 19.1 Å². The van der Waals surface area contributed by atoms with Crippen molar-refractivity contribution >= 4 is 5.91 Å². The van der Waals surface area contributed by atoms with Crippen molar-refractivity contribution in [2.75, 3.05) is 6.61 Å². The number of aromatic amines is 1. The summed E-state index contributed by atoms with van der Waals surface area (Å²) >= 11 is 0. The van der Waals surface area contributed by atoms with Crippen LogP contribution in [0.4, 0.5) is 0 Å². The van der Waals surface area contributed by atoms with Crippen LogP contribution in [0.15, 0.2) is 30.6 Å². The van der Waals surface area contributed by atoms with Crippen LogP contribution in [0.3, 0.4) is 0 Å². The molecular weight excluding hydrogens is 244 g/mol. The van der Waals surface area contributed by atoms with Gasteiger partial charge in [-0.15, -0.1) is 0 Å². The molecule has 0 unspecified atom stereocenters. The van der Waals surface area contributed by atoms with Crippen LogP contribution in [0.5, 0.6) is 5.75 Å². The monoisotopic (exact) mass is 260 g/mol. The molecule has 2 aromatic rings. The van der Waals surface area contributed by atoms with Gasteiger partial charge in [0.2, 0.25) is 5.91 Å². The first-order valence-corrected chi connectivity index (χ1v) is 6.04. The zero-order chi connectivity index (χ0) is 13.5. The van der Waals surface area contributed by atoms with E-state index in [4.69, 9.17) is 4.74 Å². The molecule has 6 nitrogen and oxygen atoms in total. The lowest BCUT2D eigenvalue weighted by atomic mass is 10.2. The summed E-state index contributed by atoms with van der Waals surface area (Å²) in [5.41, 5.74) is 1.18. The van der Waals surface area contributed by atoms with Crippen molar-refractivity contribution in [1.29, 1.82) is 0 Å². The highest BCUT2D eigenvalue weighted by Gasteiger charge is 2.03. The number of H-pyrrole nitrogens is 1. The second-order valence-electron chi connectivity index (χ2n) is 4.12. The van der Waals surface area contributed by atoms with Crippen LogP contribution >= 0.6 is 0 Å². The Balaban J connectivity index is 1.65. The van der Waals surface area contributed by atoms with E-state index in [2.05, 4.69) is 20.5 Å². The summed E-state index contributed by atoms with van der Waals surface area (Å²) in [5, 5.41) is 9.10. The highest BCUT2D eigenvalue weighted by molar-refractivity contribution is 5.75. The number of nitrogens with one attached hydrogen (secondary N) is 2. The van der Waals surface area contributed by atoms with E-state index in [1.807, 2.05) is 31.2 Å². The molecule has 0 radical (unpaired) electrons. The van der Waals surface area contributed by atoms with Gasteiger partial charge >= 0.3 is 0 Å². The summed E-state index contributed by atoms with van der Waals surface area (Å²) in [6.45, 7) is 2.72. The summed E-state index contributed by atoms with van der Waals surface area (Å²) in [7, 11) is 0. The largest absolute Gasteiger partial charge is 0.493 e. The van der Waals surface area contributed by atoms with E-state index in [9.17, 15) is 4.79 Å². The van der Waals surface area contributed by atoms with Crippen LogP contribution in [-0.2, 0) is 11.3 Å². The van der Waals surface area contributed by atoms with Gasteiger partial charge in [-0.1, -0.05) is 17.7 Å².